The molecule has 198 valence electrons. The third kappa shape index (κ3) is 5.30. The molecule has 12 N–H and O–H groups in total. The van der Waals surface area contributed by atoms with E-state index in [1.54, 1.807) is 0 Å². The molecular formula is C20H35NO13. The van der Waals surface area contributed by atoms with Crippen molar-refractivity contribution in [3.8, 4) is 0 Å². The molecule has 1 heterocycles. The molecule has 0 spiro atoms. The summed E-state index contributed by atoms with van der Waals surface area (Å²) in [5.41, 5.74) is 0.0590. The molecular weight excluding hydrogens is 462 g/mol. The summed E-state index contributed by atoms with van der Waals surface area (Å²) in [7, 11) is 0. The lowest BCUT2D eigenvalue weighted by Crippen LogP contribution is -2.66. The Morgan fingerprint density at radius 2 is 1.47 bits per heavy atom. The Hall–Kier alpha value is -0.820. The Labute approximate surface area is 194 Å². The van der Waals surface area contributed by atoms with Gasteiger partial charge in [-0.1, -0.05) is 6.08 Å². The van der Waals surface area contributed by atoms with Crippen LogP contribution in [-0.2, 0) is 9.47 Å². The number of nitrogens with one attached hydrogen (secondary N) is 1. The lowest BCUT2D eigenvalue weighted by atomic mass is 9.78. The quantitative estimate of drug-likeness (QED) is 0.146. The number of hydrogen-bond donors (Lipinski definition) is 12. The summed E-state index contributed by atoms with van der Waals surface area (Å²) in [6.07, 6.45) is -15.7. The van der Waals surface area contributed by atoms with Crippen LogP contribution in [-0.4, -0.2) is 155 Å². The first kappa shape index (κ1) is 27.8. The molecule has 0 amide bonds. The average molecular weight is 497 g/mol. The van der Waals surface area contributed by atoms with Crippen molar-refractivity contribution in [1.29, 1.82) is 0 Å². The summed E-state index contributed by atoms with van der Waals surface area (Å²) in [6, 6.07) is -1.94. The largest absolute Gasteiger partial charge is 0.396 e. The molecule has 0 aromatic heterocycles. The van der Waals surface area contributed by atoms with Gasteiger partial charge in [-0.2, -0.15) is 0 Å². The van der Waals surface area contributed by atoms with Gasteiger partial charge in [0.15, 0.2) is 6.29 Å². The first-order valence-corrected chi connectivity index (χ1v) is 11.1. The lowest BCUT2D eigenvalue weighted by Gasteiger charge is -2.47. The molecule has 3 aliphatic rings. The minimum atomic E-state index is -1.75. The van der Waals surface area contributed by atoms with Gasteiger partial charge in [0.25, 0.3) is 0 Å². The van der Waals surface area contributed by atoms with E-state index in [1.165, 1.54) is 6.08 Å². The number of ether oxygens (including phenoxy) is 2. The Morgan fingerprint density at radius 3 is 2.06 bits per heavy atom. The van der Waals surface area contributed by atoms with E-state index in [-0.39, 0.29) is 12.0 Å². The monoisotopic (exact) mass is 497 g/mol. The van der Waals surface area contributed by atoms with Crippen molar-refractivity contribution in [2.75, 3.05) is 19.8 Å². The smallest absolute Gasteiger partial charge is 0.187 e. The van der Waals surface area contributed by atoms with Crippen LogP contribution in [0.3, 0.4) is 0 Å². The van der Waals surface area contributed by atoms with Crippen molar-refractivity contribution in [3.63, 3.8) is 0 Å². The van der Waals surface area contributed by atoms with Crippen molar-refractivity contribution in [1.82, 2.24) is 5.32 Å². The van der Waals surface area contributed by atoms with Crippen LogP contribution in [0.25, 0.3) is 0 Å². The zero-order chi connectivity index (χ0) is 25.3. The van der Waals surface area contributed by atoms with Crippen LogP contribution in [0.2, 0.25) is 0 Å². The lowest BCUT2D eigenvalue weighted by molar-refractivity contribution is -0.328. The molecule has 2 aliphatic carbocycles. The van der Waals surface area contributed by atoms with Crippen LogP contribution in [0, 0.1) is 5.92 Å². The molecule has 1 aliphatic heterocycles. The Bertz CT molecular complexity index is 693. The van der Waals surface area contributed by atoms with Gasteiger partial charge in [0.1, 0.15) is 48.8 Å². The molecule has 1 saturated carbocycles. The van der Waals surface area contributed by atoms with E-state index in [2.05, 4.69) is 5.32 Å². The summed E-state index contributed by atoms with van der Waals surface area (Å²) in [5, 5.41) is 113. The highest BCUT2D eigenvalue weighted by Crippen LogP contribution is 2.33. The van der Waals surface area contributed by atoms with Crippen LogP contribution in [0.15, 0.2) is 11.6 Å². The summed E-state index contributed by atoms with van der Waals surface area (Å²) in [4.78, 5) is 0. The van der Waals surface area contributed by atoms with E-state index in [9.17, 15) is 56.2 Å². The fourth-order valence-corrected chi connectivity index (χ4v) is 4.77. The van der Waals surface area contributed by atoms with E-state index in [0.29, 0.717) is 0 Å². The number of aliphatic hydroxyl groups is 11. The average Bonchev–Trinajstić information content (AvgIpc) is 2.83. The van der Waals surface area contributed by atoms with E-state index < -0.39 is 105 Å². The van der Waals surface area contributed by atoms with Gasteiger partial charge in [-0.3, -0.25) is 0 Å². The normalized spacial score (nSPS) is 50.1. The van der Waals surface area contributed by atoms with Crippen LogP contribution in [0.5, 0.6) is 0 Å². The van der Waals surface area contributed by atoms with Crippen molar-refractivity contribution in [3.05, 3.63) is 11.6 Å². The van der Waals surface area contributed by atoms with Gasteiger partial charge in [-0.15, -0.1) is 0 Å². The van der Waals surface area contributed by atoms with Gasteiger partial charge in [0.05, 0.1) is 31.5 Å². The molecule has 14 nitrogen and oxygen atoms in total. The van der Waals surface area contributed by atoms with Crippen LogP contribution < -0.4 is 5.32 Å². The molecule has 34 heavy (non-hydrogen) atoms. The third-order valence-electron chi connectivity index (χ3n) is 6.90. The summed E-state index contributed by atoms with van der Waals surface area (Å²) in [5.74, 6) is -0.833. The molecule has 14 unspecified atom stereocenters. The first-order chi connectivity index (χ1) is 16.0. The Kier molecular flexibility index (Phi) is 9.38. The van der Waals surface area contributed by atoms with Gasteiger partial charge in [0, 0.05) is 18.6 Å². The van der Waals surface area contributed by atoms with Gasteiger partial charge >= 0.3 is 0 Å². The minimum Gasteiger partial charge on any atom is -0.396 e. The standard InChI is InChI=1S/C20H35NO13/c22-3-6-1-8(12(26)15(29)11(6)25)21-9-2-7(4-23)19(17(31)13(9)27)34-20-18(32)16(30)14(28)10(5-24)33-20/h1,7-32H,2-5H2. The van der Waals surface area contributed by atoms with Gasteiger partial charge in [0.2, 0.25) is 0 Å². The summed E-state index contributed by atoms with van der Waals surface area (Å²) in [6.45, 7) is -1.80. The number of hydrogen-bond acceptors (Lipinski definition) is 14. The van der Waals surface area contributed by atoms with Crippen molar-refractivity contribution in [2.45, 2.75) is 85.8 Å². The number of rotatable bonds is 7. The van der Waals surface area contributed by atoms with Crippen LogP contribution in [0.1, 0.15) is 6.42 Å². The zero-order valence-electron chi connectivity index (χ0n) is 18.2. The minimum absolute atomic E-state index is 0.0129. The van der Waals surface area contributed by atoms with Crippen molar-refractivity contribution in [2.24, 2.45) is 5.92 Å². The predicted octanol–water partition coefficient (Wildman–Crippen LogP) is -6.75. The molecule has 0 aromatic rings. The highest BCUT2D eigenvalue weighted by atomic mass is 16.7. The van der Waals surface area contributed by atoms with Crippen molar-refractivity contribution < 1.29 is 65.6 Å². The molecule has 3 rings (SSSR count). The third-order valence-corrected chi connectivity index (χ3v) is 6.90. The molecule has 0 bridgehead atoms. The van der Waals surface area contributed by atoms with Gasteiger partial charge < -0.3 is 71.0 Å². The maximum Gasteiger partial charge on any atom is 0.187 e. The highest BCUT2D eigenvalue weighted by molar-refractivity contribution is 5.22. The maximum atomic E-state index is 10.7. The molecule has 0 radical (unpaired) electrons. The van der Waals surface area contributed by atoms with Crippen LogP contribution >= 0.6 is 0 Å². The second-order valence-corrected chi connectivity index (χ2v) is 9.08. The molecule has 0 aromatic carbocycles. The second-order valence-electron chi connectivity index (χ2n) is 9.08. The Balaban J connectivity index is 1.73. The first-order valence-electron chi connectivity index (χ1n) is 11.1. The van der Waals surface area contributed by atoms with E-state index >= 15 is 0 Å². The summed E-state index contributed by atoms with van der Waals surface area (Å²) < 4.78 is 10.9. The van der Waals surface area contributed by atoms with E-state index in [0.717, 1.165) is 0 Å². The molecule has 1 saturated heterocycles. The van der Waals surface area contributed by atoms with Crippen LogP contribution in [0.4, 0.5) is 0 Å². The topological polar surface area (TPSA) is 253 Å². The summed E-state index contributed by atoms with van der Waals surface area (Å²) >= 11 is 0. The highest BCUT2D eigenvalue weighted by Gasteiger charge is 2.50. The fraction of sp³-hybridized carbons (Fsp3) is 0.900. The maximum absolute atomic E-state index is 10.7. The van der Waals surface area contributed by atoms with E-state index in [1.807, 2.05) is 0 Å². The second kappa shape index (κ2) is 11.5. The zero-order valence-corrected chi connectivity index (χ0v) is 18.2. The SMILES string of the molecule is OCC1=CC(NC2CC(CO)C(OC3OC(CO)C(O)C(O)C3O)C(O)C2O)C(O)C(O)C1O. The molecule has 14 atom stereocenters. The van der Waals surface area contributed by atoms with Crippen molar-refractivity contribution >= 4 is 0 Å². The predicted molar refractivity (Wildman–Crippen MR) is 110 cm³/mol. The van der Waals surface area contributed by atoms with E-state index in [4.69, 9.17) is 9.47 Å². The number of aliphatic hydroxyl groups excluding tert-OH is 11. The fourth-order valence-electron chi connectivity index (χ4n) is 4.77. The van der Waals surface area contributed by atoms with Gasteiger partial charge in [-0.25, -0.2) is 0 Å². The molecule has 2 fully saturated rings. The molecule has 14 heteroatoms. The Morgan fingerprint density at radius 1 is 0.794 bits per heavy atom. The van der Waals surface area contributed by atoms with Gasteiger partial charge in [-0.05, 0) is 12.0 Å².